The second-order valence-corrected chi connectivity index (χ2v) is 9.07. The lowest BCUT2D eigenvalue weighted by molar-refractivity contribution is -0.142. The van der Waals surface area contributed by atoms with Crippen molar-refractivity contribution in [3.8, 4) is 0 Å². The lowest BCUT2D eigenvalue weighted by atomic mass is 10.0. The van der Waals surface area contributed by atoms with E-state index in [1.54, 1.807) is 4.90 Å². The summed E-state index contributed by atoms with van der Waals surface area (Å²) in [6.45, 7) is 6.58. The van der Waals surface area contributed by atoms with Gasteiger partial charge in [0.25, 0.3) is 0 Å². The van der Waals surface area contributed by atoms with Crippen molar-refractivity contribution in [2.45, 2.75) is 58.4 Å². The molecule has 1 amide bonds. The summed E-state index contributed by atoms with van der Waals surface area (Å²) in [5.74, 6) is -0.151. The summed E-state index contributed by atoms with van der Waals surface area (Å²) in [7, 11) is 0. The van der Waals surface area contributed by atoms with Crippen molar-refractivity contribution >= 4 is 5.91 Å². The van der Waals surface area contributed by atoms with Crippen LogP contribution < -0.4 is 0 Å². The van der Waals surface area contributed by atoms with E-state index in [9.17, 15) is 22.4 Å². The van der Waals surface area contributed by atoms with E-state index in [1.807, 2.05) is 0 Å². The fourth-order valence-electron chi connectivity index (χ4n) is 4.69. The van der Waals surface area contributed by atoms with Crippen molar-refractivity contribution in [2.24, 2.45) is 5.92 Å². The van der Waals surface area contributed by atoms with Crippen LogP contribution in [-0.2, 0) is 30.5 Å². The summed E-state index contributed by atoms with van der Waals surface area (Å²) in [5, 5.41) is 3.86. The van der Waals surface area contributed by atoms with Crippen LogP contribution in [0.15, 0.2) is 24.3 Å². The highest BCUT2D eigenvalue weighted by atomic mass is 19.4. The highest BCUT2D eigenvalue weighted by Gasteiger charge is 2.41. The molecule has 1 aromatic carbocycles. The molecular weight excluding hydrogens is 424 g/mol. The summed E-state index contributed by atoms with van der Waals surface area (Å²) < 4.78 is 55.3. The molecule has 2 aliphatic heterocycles. The third-order valence-corrected chi connectivity index (χ3v) is 6.52. The van der Waals surface area contributed by atoms with Gasteiger partial charge in [0.15, 0.2) is 5.69 Å². The Balaban J connectivity index is 1.52. The highest BCUT2D eigenvalue weighted by molar-refractivity contribution is 5.76. The number of rotatable bonds is 5. The van der Waals surface area contributed by atoms with Crippen molar-refractivity contribution < 1.29 is 22.4 Å². The maximum absolute atomic E-state index is 13.6. The molecule has 0 bridgehead atoms. The van der Waals surface area contributed by atoms with Crippen molar-refractivity contribution in [2.75, 3.05) is 19.6 Å². The Bertz CT molecular complexity index is 968. The van der Waals surface area contributed by atoms with E-state index in [0.717, 1.165) is 19.5 Å². The number of fused-ring (bicyclic) bond motifs is 1. The molecule has 3 heterocycles. The van der Waals surface area contributed by atoms with Crippen LogP contribution in [0.5, 0.6) is 0 Å². The predicted molar refractivity (Wildman–Crippen MR) is 111 cm³/mol. The van der Waals surface area contributed by atoms with Gasteiger partial charge < -0.3 is 9.80 Å². The number of aromatic nitrogens is 2. The summed E-state index contributed by atoms with van der Waals surface area (Å²) >= 11 is 0. The van der Waals surface area contributed by atoms with Gasteiger partial charge in [-0.3, -0.25) is 9.48 Å². The van der Waals surface area contributed by atoms with Gasteiger partial charge in [-0.2, -0.15) is 18.3 Å². The molecule has 5 nitrogen and oxygen atoms in total. The Labute approximate surface area is 185 Å². The van der Waals surface area contributed by atoms with Crippen molar-refractivity contribution in [3.63, 3.8) is 0 Å². The number of hydrogen-bond donors (Lipinski definition) is 0. The second kappa shape index (κ2) is 8.84. The van der Waals surface area contributed by atoms with Crippen LogP contribution in [-0.4, -0.2) is 51.2 Å². The Morgan fingerprint density at radius 3 is 2.53 bits per heavy atom. The average molecular weight is 452 g/mol. The Morgan fingerprint density at radius 2 is 1.91 bits per heavy atom. The molecule has 0 radical (unpaired) electrons. The number of hydrogen-bond acceptors (Lipinski definition) is 3. The molecule has 0 spiro atoms. The molecule has 1 fully saturated rings. The van der Waals surface area contributed by atoms with Crippen molar-refractivity contribution in [1.29, 1.82) is 0 Å². The van der Waals surface area contributed by atoms with Crippen LogP contribution in [0, 0.1) is 11.7 Å². The number of carbonyl (C=O) groups is 1. The molecule has 0 aliphatic carbocycles. The normalized spacial score (nSPS) is 19.6. The maximum Gasteiger partial charge on any atom is 0.435 e. The SMILES string of the molecule is CC(C)N1CCC(CC(=O)N2CCc3c(C(F)(F)F)nn(Cc4ccc(F)cc4)c3C2)C1. The zero-order chi connectivity index (χ0) is 23.0. The first kappa shape index (κ1) is 22.8. The first-order valence-electron chi connectivity index (χ1n) is 11.0. The molecule has 9 heteroatoms. The fraction of sp³-hybridized carbons (Fsp3) is 0.565. The molecule has 1 atom stereocenters. The number of nitrogens with zero attached hydrogens (tertiary/aromatic N) is 4. The van der Waals surface area contributed by atoms with Crippen LogP contribution in [0.3, 0.4) is 0 Å². The second-order valence-electron chi connectivity index (χ2n) is 9.07. The number of alkyl halides is 3. The first-order valence-corrected chi connectivity index (χ1v) is 11.0. The van der Waals surface area contributed by atoms with E-state index in [4.69, 9.17) is 0 Å². The molecule has 0 saturated carbocycles. The van der Waals surface area contributed by atoms with Gasteiger partial charge in [-0.05, 0) is 56.8 Å². The monoisotopic (exact) mass is 452 g/mol. The Morgan fingerprint density at radius 1 is 1.19 bits per heavy atom. The topological polar surface area (TPSA) is 41.4 Å². The summed E-state index contributed by atoms with van der Waals surface area (Å²) in [6, 6.07) is 6.04. The smallest absolute Gasteiger partial charge is 0.336 e. The van der Waals surface area contributed by atoms with Gasteiger partial charge in [-0.25, -0.2) is 4.39 Å². The van der Waals surface area contributed by atoms with Crippen LogP contribution in [0.1, 0.15) is 49.2 Å². The third-order valence-electron chi connectivity index (χ3n) is 6.52. The maximum atomic E-state index is 13.6. The van der Waals surface area contributed by atoms with Gasteiger partial charge in [-0.15, -0.1) is 0 Å². The van der Waals surface area contributed by atoms with Crippen LogP contribution in [0.2, 0.25) is 0 Å². The van der Waals surface area contributed by atoms with Gasteiger partial charge in [0.05, 0.1) is 18.8 Å². The van der Waals surface area contributed by atoms with E-state index in [1.165, 1.54) is 28.9 Å². The molecule has 32 heavy (non-hydrogen) atoms. The quantitative estimate of drug-likeness (QED) is 0.642. The number of halogens is 4. The van der Waals surface area contributed by atoms with Gasteiger partial charge in [0.2, 0.25) is 5.91 Å². The minimum atomic E-state index is -4.56. The lowest BCUT2D eigenvalue weighted by Gasteiger charge is -2.29. The molecule has 1 aromatic heterocycles. The molecule has 2 aromatic rings. The molecular formula is C23H28F4N4O. The molecule has 2 aliphatic rings. The van der Waals surface area contributed by atoms with Crippen LogP contribution >= 0.6 is 0 Å². The number of likely N-dealkylation sites (tertiary alicyclic amines) is 1. The zero-order valence-electron chi connectivity index (χ0n) is 18.3. The van der Waals surface area contributed by atoms with Gasteiger partial charge in [-0.1, -0.05) is 12.1 Å². The summed E-state index contributed by atoms with van der Waals surface area (Å²) in [4.78, 5) is 17.0. The van der Waals surface area contributed by atoms with E-state index in [0.29, 0.717) is 23.7 Å². The molecule has 0 N–H and O–H groups in total. The number of benzene rings is 1. The number of carbonyl (C=O) groups excluding carboxylic acids is 1. The predicted octanol–water partition coefficient (Wildman–Crippen LogP) is 4.09. The molecule has 1 unspecified atom stereocenters. The van der Waals surface area contributed by atoms with E-state index >= 15 is 0 Å². The number of amides is 1. The molecule has 4 rings (SSSR count). The Hall–Kier alpha value is -2.42. The van der Waals surface area contributed by atoms with Crippen molar-refractivity contribution in [3.05, 3.63) is 52.6 Å². The van der Waals surface area contributed by atoms with Gasteiger partial charge in [0, 0.05) is 31.1 Å². The van der Waals surface area contributed by atoms with Gasteiger partial charge >= 0.3 is 6.18 Å². The fourth-order valence-corrected chi connectivity index (χ4v) is 4.69. The largest absolute Gasteiger partial charge is 0.435 e. The van der Waals surface area contributed by atoms with Gasteiger partial charge in [0.1, 0.15) is 5.82 Å². The van der Waals surface area contributed by atoms with E-state index in [2.05, 4.69) is 23.8 Å². The summed E-state index contributed by atoms with van der Waals surface area (Å²) in [5.41, 5.74) is 0.339. The van der Waals surface area contributed by atoms with Crippen LogP contribution in [0.4, 0.5) is 17.6 Å². The van der Waals surface area contributed by atoms with Crippen molar-refractivity contribution in [1.82, 2.24) is 19.6 Å². The third kappa shape index (κ3) is 4.82. The van der Waals surface area contributed by atoms with E-state index in [-0.39, 0.29) is 43.4 Å². The van der Waals surface area contributed by atoms with E-state index < -0.39 is 17.7 Å². The zero-order valence-corrected chi connectivity index (χ0v) is 18.3. The molecule has 174 valence electrons. The van der Waals surface area contributed by atoms with Crippen LogP contribution in [0.25, 0.3) is 0 Å². The average Bonchev–Trinajstić information content (AvgIpc) is 3.34. The molecule has 1 saturated heterocycles. The standard InChI is InChI=1S/C23H28F4N4O/c1-15(2)29-9-7-17(12-29)11-21(32)30-10-8-19-20(14-30)31(28-22(19)23(25,26)27)13-16-3-5-18(24)6-4-16/h3-6,15,17H,7-14H2,1-2H3. The minimum Gasteiger partial charge on any atom is -0.336 e. The first-order chi connectivity index (χ1) is 15.1. The lowest BCUT2D eigenvalue weighted by Crippen LogP contribution is -2.38. The highest BCUT2D eigenvalue weighted by Crippen LogP contribution is 2.35. The Kier molecular flexibility index (Phi) is 6.29. The summed E-state index contributed by atoms with van der Waals surface area (Å²) in [6.07, 6.45) is -3.06. The minimum absolute atomic E-state index is 0.0191.